The molecule has 6 nitrogen and oxygen atoms in total. The minimum atomic E-state index is -6.47. The largest absolute Gasteiger partial charge is 0.462 e. The van der Waals surface area contributed by atoms with Gasteiger partial charge < -0.3 is 4.57 Å². The number of nitrogens with zero attached hydrogens (tertiary/aromatic N) is 3. The highest BCUT2D eigenvalue weighted by Crippen LogP contribution is 2.45. The smallest absolute Gasteiger partial charge is 0.342 e. The first-order valence-electron chi connectivity index (χ1n) is 8.77. The Morgan fingerprint density at radius 3 is 2.22 bits per heavy atom. The van der Waals surface area contributed by atoms with E-state index in [1.165, 1.54) is 30.5 Å². The Hall–Kier alpha value is -3.64. The molecule has 0 unspecified atom stereocenters. The maximum atomic E-state index is 13.3. The second-order valence-corrected chi connectivity index (χ2v) is 6.67. The number of alkyl halides is 7. The molecule has 3 rings (SSSR count). The monoisotopic (exact) mass is 462 g/mol. The van der Waals surface area contributed by atoms with Crippen molar-refractivity contribution in [2.24, 2.45) is 5.10 Å². The van der Waals surface area contributed by atoms with E-state index in [0.29, 0.717) is 28.1 Å². The average molecular weight is 462 g/mol. The summed E-state index contributed by atoms with van der Waals surface area (Å²) in [6.45, 7) is 0.210. The van der Waals surface area contributed by atoms with Crippen molar-refractivity contribution in [1.29, 1.82) is 0 Å². The number of nitrogens with one attached hydrogen (secondary N) is 1. The standard InChI is InChI=1S/C19H13F7N4O2/c20-17(21,18(22,23)24)19(25,26)28-27-9-13-11-29(16-4-2-1-3-15(13)16)10-12-5-7-14(8-6-12)30(31)32/h1-9,11,28H,10H2/b27-9-. The minimum absolute atomic E-state index is 0.110. The van der Waals surface area contributed by atoms with E-state index < -0.39 is 23.1 Å². The number of aromatic nitrogens is 1. The molecule has 0 radical (unpaired) electrons. The molecule has 2 aromatic carbocycles. The summed E-state index contributed by atoms with van der Waals surface area (Å²) in [7, 11) is 0. The van der Waals surface area contributed by atoms with Gasteiger partial charge in [0, 0.05) is 41.3 Å². The third kappa shape index (κ3) is 4.36. The third-order valence-electron chi connectivity index (χ3n) is 4.48. The van der Waals surface area contributed by atoms with Crippen molar-refractivity contribution in [1.82, 2.24) is 9.99 Å². The number of hydrogen-bond donors (Lipinski definition) is 1. The molecule has 0 fully saturated rings. The van der Waals surface area contributed by atoms with E-state index in [4.69, 9.17) is 0 Å². The van der Waals surface area contributed by atoms with E-state index in [-0.39, 0.29) is 17.8 Å². The summed E-state index contributed by atoms with van der Waals surface area (Å²) in [6.07, 6.45) is -4.34. The molecule has 0 saturated heterocycles. The van der Waals surface area contributed by atoms with Gasteiger partial charge in [-0.2, -0.15) is 35.8 Å². The Morgan fingerprint density at radius 2 is 1.62 bits per heavy atom. The highest BCUT2D eigenvalue weighted by molar-refractivity contribution is 5.99. The van der Waals surface area contributed by atoms with Gasteiger partial charge in [0.05, 0.1) is 11.1 Å². The van der Waals surface area contributed by atoms with E-state index in [0.717, 1.165) is 0 Å². The van der Waals surface area contributed by atoms with Crippen LogP contribution in [0.2, 0.25) is 0 Å². The lowest BCUT2D eigenvalue weighted by Crippen LogP contribution is -2.58. The lowest BCUT2D eigenvalue weighted by molar-refractivity contribution is -0.384. The van der Waals surface area contributed by atoms with Gasteiger partial charge in [-0.15, -0.1) is 0 Å². The van der Waals surface area contributed by atoms with Gasteiger partial charge in [0.25, 0.3) is 5.69 Å². The molecule has 0 spiro atoms. The molecular formula is C19H13F7N4O2. The second-order valence-electron chi connectivity index (χ2n) is 6.67. The van der Waals surface area contributed by atoms with Crippen LogP contribution in [0, 0.1) is 10.1 Å². The zero-order chi connectivity index (χ0) is 23.7. The van der Waals surface area contributed by atoms with Crippen molar-refractivity contribution in [2.45, 2.75) is 24.7 Å². The van der Waals surface area contributed by atoms with E-state index in [1.54, 1.807) is 28.8 Å². The fourth-order valence-electron chi connectivity index (χ4n) is 2.86. The zero-order valence-electron chi connectivity index (χ0n) is 15.8. The summed E-state index contributed by atoms with van der Waals surface area (Å²) in [5.41, 5.74) is 1.89. The fourth-order valence-corrected chi connectivity index (χ4v) is 2.86. The number of para-hydroxylation sites is 1. The molecule has 0 atom stereocenters. The highest BCUT2D eigenvalue weighted by Gasteiger charge is 2.73. The molecule has 3 aromatic rings. The van der Waals surface area contributed by atoms with Crippen LogP contribution in [-0.2, 0) is 6.54 Å². The molecule has 0 aliphatic rings. The number of nitro groups is 1. The van der Waals surface area contributed by atoms with Crippen LogP contribution in [0.1, 0.15) is 11.1 Å². The number of benzene rings is 2. The van der Waals surface area contributed by atoms with Gasteiger partial charge in [-0.3, -0.25) is 10.1 Å². The normalized spacial score (nSPS) is 13.1. The van der Waals surface area contributed by atoms with Gasteiger partial charge in [0.1, 0.15) is 0 Å². The maximum absolute atomic E-state index is 13.3. The molecule has 32 heavy (non-hydrogen) atoms. The van der Waals surface area contributed by atoms with Crippen LogP contribution in [0.15, 0.2) is 59.8 Å². The Morgan fingerprint density at radius 1 is 1.00 bits per heavy atom. The first-order chi connectivity index (χ1) is 14.8. The molecule has 1 heterocycles. The SMILES string of the molecule is O=[N+]([O-])c1ccc(Cn2cc(/C=N\NC(F)(F)C(F)(F)C(F)(F)F)c3ccccc32)cc1. The van der Waals surface area contributed by atoms with Gasteiger partial charge >= 0.3 is 18.1 Å². The van der Waals surface area contributed by atoms with Gasteiger partial charge in [-0.25, -0.2) is 5.43 Å². The first kappa shape index (κ1) is 23.0. The van der Waals surface area contributed by atoms with Crippen molar-refractivity contribution < 1.29 is 35.7 Å². The lowest BCUT2D eigenvalue weighted by atomic mass is 10.2. The van der Waals surface area contributed by atoms with Crippen molar-refractivity contribution in [2.75, 3.05) is 0 Å². The van der Waals surface area contributed by atoms with Crippen molar-refractivity contribution >= 4 is 22.8 Å². The summed E-state index contributed by atoms with van der Waals surface area (Å²) in [5, 5.41) is 14.1. The van der Waals surface area contributed by atoms with E-state index in [9.17, 15) is 40.8 Å². The van der Waals surface area contributed by atoms with Crippen molar-refractivity contribution in [3.63, 3.8) is 0 Å². The van der Waals surface area contributed by atoms with Gasteiger partial charge in [-0.05, 0) is 11.6 Å². The van der Waals surface area contributed by atoms with Crippen LogP contribution in [0.3, 0.4) is 0 Å². The van der Waals surface area contributed by atoms with Crippen LogP contribution in [0.5, 0.6) is 0 Å². The molecule has 0 saturated carbocycles. The third-order valence-corrected chi connectivity index (χ3v) is 4.48. The summed E-state index contributed by atoms with van der Waals surface area (Å²) in [6, 6.07) is 6.49. The minimum Gasteiger partial charge on any atom is -0.342 e. The van der Waals surface area contributed by atoms with Crippen LogP contribution >= 0.6 is 0 Å². The molecule has 170 valence electrons. The molecule has 0 aliphatic carbocycles. The van der Waals surface area contributed by atoms with Crippen LogP contribution in [0.4, 0.5) is 36.4 Å². The average Bonchev–Trinajstić information content (AvgIpc) is 3.05. The summed E-state index contributed by atoms with van der Waals surface area (Å²) >= 11 is 0. The molecule has 1 aromatic heterocycles. The second kappa shape index (κ2) is 8.13. The zero-order valence-corrected chi connectivity index (χ0v) is 15.8. The Kier molecular flexibility index (Phi) is 5.85. The van der Waals surface area contributed by atoms with Crippen LogP contribution in [0.25, 0.3) is 10.9 Å². The van der Waals surface area contributed by atoms with Crippen LogP contribution < -0.4 is 5.43 Å². The lowest BCUT2D eigenvalue weighted by Gasteiger charge is -2.27. The molecular weight excluding hydrogens is 449 g/mol. The summed E-state index contributed by atoms with van der Waals surface area (Å²) in [5.74, 6) is -6.33. The molecule has 0 aliphatic heterocycles. The van der Waals surface area contributed by atoms with E-state index >= 15 is 0 Å². The van der Waals surface area contributed by atoms with E-state index in [1.807, 2.05) is 0 Å². The number of hydrogen-bond acceptors (Lipinski definition) is 4. The molecule has 1 N–H and O–H groups in total. The van der Waals surface area contributed by atoms with E-state index in [2.05, 4.69) is 5.10 Å². The van der Waals surface area contributed by atoms with Crippen molar-refractivity contribution in [3.8, 4) is 0 Å². The number of fused-ring (bicyclic) bond motifs is 1. The number of non-ortho nitro benzene ring substituents is 1. The predicted molar refractivity (Wildman–Crippen MR) is 101 cm³/mol. The predicted octanol–water partition coefficient (Wildman–Crippen LogP) is 5.31. The van der Waals surface area contributed by atoms with Gasteiger partial charge in [0.2, 0.25) is 0 Å². The molecule has 0 amide bonds. The highest BCUT2D eigenvalue weighted by atomic mass is 19.4. The number of rotatable bonds is 7. The topological polar surface area (TPSA) is 72.5 Å². The Balaban J connectivity index is 1.86. The van der Waals surface area contributed by atoms with Crippen LogP contribution in [-0.4, -0.2) is 33.9 Å². The number of halogens is 7. The first-order valence-corrected chi connectivity index (χ1v) is 8.77. The fraction of sp³-hybridized carbons (Fsp3) is 0.211. The number of nitro benzene ring substituents is 1. The summed E-state index contributed by atoms with van der Waals surface area (Å²) in [4.78, 5) is 10.2. The summed E-state index contributed by atoms with van der Waals surface area (Å²) < 4.78 is 90.9. The Bertz CT molecular complexity index is 1150. The van der Waals surface area contributed by atoms with Crippen molar-refractivity contribution in [3.05, 3.63) is 76.0 Å². The van der Waals surface area contributed by atoms with Gasteiger partial charge in [-0.1, -0.05) is 30.3 Å². The number of hydrazone groups is 1. The Labute approximate surface area is 175 Å². The maximum Gasteiger partial charge on any atom is 0.462 e. The van der Waals surface area contributed by atoms with Gasteiger partial charge in [0.15, 0.2) is 0 Å². The molecule has 13 heteroatoms. The quantitative estimate of drug-likeness (QED) is 0.170. The molecule has 0 bridgehead atoms.